The van der Waals surface area contributed by atoms with E-state index in [9.17, 15) is 4.79 Å². The van der Waals surface area contributed by atoms with E-state index in [2.05, 4.69) is 4.98 Å². The lowest BCUT2D eigenvalue weighted by Crippen LogP contribution is -2.38. The van der Waals surface area contributed by atoms with E-state index >= 15 is 0 Å². The zero-order valence-electron chi connectivity index (χ0n) is 12.3. The molecule has 0 bridgehead atoms. The monoisotopic (exact) mass is 282 g/mol. The molecule has 1 aliphatic heterocycles. The molecule has 3 rings (SSSR count). The molecule has 0 atom stereocenters. The van der Waals surface area contributed by atoms with E-state index in [-0.39, 0.29) is 5.91 Å². The van der Waals surface area contributed by atoms with Gasteiger partial charge in [-0.3, -0.25) is 9.78 Å². The lowest BCUT2D eigenvalue weighted by molar-refractivity contribution is 0.0980. The Morgan fingerprint density at radius 1 is 1.33 bits per heavy atom. The smallest absolute Gasteiger partial charge is 0.258 e. The maximum atomic E-state index is 12.7. The number of benzene rings is 1. The third-order valence-electron chi connectivity index (χ3n) is 3.77. The van der Waals surface area contributed by atoms with Crippen molar-refractivity contribution in [2.24, 2.45) is 0 Å². The van der Waals surface area contributed by atoms with Crippen LogP contribution in [0.5, 0.6) is 5.75 Å². The first kappa shape index (κ1) is 13.6. The molecular formula is C17H18N2O2. The summed E-state index contributed by atoms with van der Waals surface area (Å²) in [5.74, 6) is 0.866. The van der Waals surface area contributed by atoms with Gasteiger partial charge >= 0.3 is 0 Å². The van der Waals surface area contributed by atoms with Gasteiger partial charge in [0.2, 0.25) is 0 Å². The SMILES string of the molecule is CCOc1ccc2c(c1)CCN(c1cnccc1C)C2=O. The summed E-state index contributed by atoms with van der Waals surface area (Å²) >= 11 is 0. The highest BCUT2D eigenvalue weighted by atomic mass is 16.5. The first-order valence-electron chi connectivity index (χ1n) is 7.19. The van der Waals surface area contributed by atoms with Crippen LogP contribution in [0.15, 0.2) is 36.7 Å². The van der Waals surface area contributed by atoms with E-state index in [4.69, 9.17) is 4.74 Å². The molecule has 108 valence electrons. The fourth-order valence-electron chi connectivity index (χ4n) is 2.69. The normalized spacial score (nSPS) is 14.0. The average Bonchev–Trinajstić information content (AvgIpc) is 2.49. The van der Waals surface area contributed by atoms with Crippen LogP contribution in [0.4, 0.5) is 5.69 Å². The van der Waals surface area contributed by atoms with Gasteiger partial charge in [0.15, 0.2) is 0 Å². The van der Waals surface area contributed by atoms with Crippen LogP contribution < -0.4 is 9.64 Å². The Balaban J connectivity index is 1.94. The Labute approximate surface area is 124 Å². The number of fused-ring (bicyclic) bond motifs is 1. The highest BCUT2D eigenvalue weighted by Crippen LogP contribution is 2.28. The largest absolute Gasteiger partial charge is 0.494 e. The molecular weight excluding hydrogens is 264 g/mol. The van der Waals surface area contributed by atoms with Crippen molar-refractivity contribution < 1.29 is 9.53 Å². The molecule has 0 spiro atoms. The number of hydrogen-bond donors (Lipinski definition) is 0. The topological polar surface area (TPSA) is 42.4 Å². The number of anilines is 1. The Hall–Kier alpha value is -2.36. The molecule has 0 saturated carbocycles. The van der Waals surface area contributed by atoms with Crippen LogP contribution in [0, 0.1) is 6.92 Å². The van der Waals surface area contributed by atoms with E-state index in [0.717, 1.165) is 34.5 Å². The summed E-state index contributed by atoms with van der Waals surface area (Å²) < 4.78 is 5.50. The molecule has 1 amide bonds. The van der Waals surface area contributed by atoms with Gasteiger partial charge in [0.05, 0.1) is 18.5 Å². The first-order chi connectivity index (χ1) is 10.2. The molecule has 4 nitrogen and oxygen atoms in total. The van der Waals surface area contributed by atoms with Gasteiger partial charge < -0.3 is 9.64 Å². The second-order valence-corrected chi connectivity index (χ2v) is 5.12. The number of pyridine rings is 1. The Morgan fingerprint density at radius 3 is 2.95 bits per heavy atom. The summed E-state index contributed by atoms with van der Waals surface area (Å²) in [6.45, 7) is 5.26. The molecule has 0 saturated heterocycles. The van der Waals surface area contributed by atoms with Gasteiger partial charge in [0, 0.05) is 18.3 Å². The Kier molecular flexibility index (Phi) is 3.60. The van der Waals surface area contributed by atoms with Gasteiger partial charge in [-0.2, -0.15) is 0 Å². The molecule has 2 heterocycles. The van der Waals surface area contributed by atoms with Crippen LogP contribution in [-0.4, -0.2) is 24.0 Å². The van der Waals surface area contributed by atoms with Crippen molar-refractivity contribution in [2.45, 2.75) is 20.3 Å². The minimum absolute atomic E-state index is 0.0374. The van der Waals surface area contributed by atoms with E-state index in [1.807, 2.05) is 43.0 Å². The van der Waals surface area contributed by atoms with Crippen LogP contribution in [-0.2, 0) is 6.42 Å². The number of aryl methyl sites for hydroxylation is 1. The maximum absolute atomic E-state index is 12.7. The highest BCUT2D eigenvalue weighted by Gasteiger charge is 2.26. The van der Waals surface area contributed by atoms with Crippen LogP contribution in [0.25, 0.3) is 0 Å². The molecule has 1 aromatic carbocycles. The Bertz CT molecular complexity index is 682. The zero-order valence-corrected chi connectivity index (χ0v) is 12.3. The minimum atomic E-state index is 0.0374. The fraction of sp³-hybridized carbons (Fsp3) is 0.294. The molecule has 0 N–H and O–H groups in total. The second kappa shape index (κ2) is 5.56. The van der Waals surface area contributed by atoms with Gasteiger partial charge in [-0.1, -0.05) is 0 Å². The summed E-state index contributed by atoms with van der Waals surface area (Å²) in [6, 6.07) is 7.63. The number of amides is 1. The lowest BCUT2D eigenvalue weighted by atomic mass is 9.98. The second-order valence-electron chi connectivity index (χ2n) is 5.12. The third kappa shape index (κ3) is 2.49. The van der Waals surface area contributed by atoms with E-state index < -0.39 is 0 Å². The van der Waals surface area contributed by atoms with E-state index in [1.165, 1.54) is 0 Å². The predicted octanol–water partition coefficient (Wildman–Crippen LogP) is 2.99. The van der Waals surface area contributed by atoms with Crippen molar-refractivity contribution in [3.63, 3.8) is 0 Å². The summed E-state index contributed by atoms with van der Waals surface area (Å²) in [5.41, 5.74) is 3.77. The zero-order chi connectivity index (χ0) is 14.8. The van der Waals surface area contributed by atoms with Crippen LogP contribution in [0.2, 0.25) is 0 Å². The Morgan fingerprint density at radius 2 is 2.19 bits per heavy atom. The molecule has 0 aliphatic carbocycles. The number of nitrogens with zero attached hydrogens (tertiary/aromatic N) is 2. The summed E-state index contributed by atoms with van der Waals surface area (Å²) in [6.07, 6.45) is 4.33. The summed E-state index contributed by atoms with van der Waals surface area (Å²) in [7, 11) is 0. The first-order valence-corrected chi connectivity index (χ1v) is 7.19. The number of carbonyl (C=O) groups excluding carboxylic acids is 1. The van der Waals surface area contributed by atoms with Crippen molar-refractivity contribution >= 4 is 11.6 Å². The number of hydrogen-bond acceptors (Lipinski definition) is 3. The van der Waals surface area contributed by atoms with Crippen LogP contribution in [0.1, 0.15) is 28.4 Å². The van der Waals surface area contributed by atoms with Gasteiger partial charge in [-0.15, -0.1) is 0 Å². The minimum Gasteiger partial charge on any atom is -0.494 e. The molecule has 1 aromatic heterocycles. The van der Waals surface area contributed by atoms with Crippen LogP contribution >= 0.6 is 0 Å². The fourth-order valence-corrected chi connectivity index (χ4v) is 2.69. The van der Waals surface area contributed by atoms with Gasteiger partial charge in [0.25, 0.3) is 5.91 Å². The molecule has 4 heteroatoms. The number of aromatic nitrogens is 1. The number of ether oxygens (including phenoxy) is 1. The van der Waals surface area contributed by atoms with E-state index in [0.29, 0.717) is 13.2 Å². The molecule has 1 aliphatic rings. The molecule has 2 aromatic rings. The van der Waals surface area contributed by atoms with Gasteiger partial charge in [-0.25, -0.2) is 0 Å². The molecule has 0 radical (unpaired) electrons. The van der Waals surface area contributed by atoms with Crippen molar-refractivity contribution in [3.05, 3.63) is 53.3 Å². The number of rotatable bonds is 3. The maximum Gasteiger partial charge on any atom is 0.258 e. The van der Waals surface area contributed by atoms with Crippen molar-refractivity contribution in [2.75, 3.05) is 18.1 Å². The quantitative estimate of drug-likeness (QED) is 0.869. The number of carbonyl (C=O) groups is 1. The summed E-state index contributed by atoms with van der Waals surface area (Å²) in [4.78, 5) is 18.6. The van der Waals surface area contributed by atoms with Gasteiger partial charge in [-0.05, 0) is 55.7 Å². The van der Waals surface area contributed by atoms with Crippen molar-refractivity contribution in [3.8, 4) is 5.75 Å². The van der Waals surface area contributed by atoms with E-state index in [1.54, 1.807) is 12.4 Å². The third-order valence-corrected chi connectivity index (χ3v) is 3.77. The van der Waals surface area contributed by atoms with Crippen LogP contribution in [0.3, 0.4) is 0 Å². The average molecular weight is 282 g/mol. The van der Waals surface area contributed by atoms with Crippen molar-refractivity contribution in [1.82, 2.24) is 4.98 Å². The molecule has 21 heavy (non-hydrogen) atoms. The lowest BCUT2D eigenvalue weighted by Gasteiger charge is -2.29. The van der Waals surface area contributed by atoms with Gasteiger partial charge in [0.1, 0.15) is 5.75 Å². The molecule has 0 fully saturated rings. The summed E-state index contributed by atoms with van der Waals surface area (Å²) in [5, 5.41) is 0. The van der Waals surface area contributed by atoms with Crippen molar-refractivity contribution in [1.29, 1.82) is 0 Å². The predicted molar refractivity (Wildman–Crippen MR) is 82.0 cm³/mol. The standard InChI is InChI=1S/C17H18N2O2/c1-3-21-14-4-5-15-13(10-14)7-9-19(17(15)20)16-11-18-8-6-12(16)2/h4-6,8,10-11H,3,7,9H2,1-2H3. The highest BCUT2D eigenvalue weighted by molar-refractivity contribution is 6.08. The molecule has 0 unspecified atom stereocenters.